The van der Waals surface area contributed by atoms with Gasteiger partial charge in [0.1, 0.15) is 11.2 Å². The number of benzene rings is 7. The molecule has 0 radical (unpaired) electrons. The number of furan rings is 1. The maximum absolute atomic E-state index is 6.64. The van der Waals surface area contributed by atoms with Crippen molar-refractivity contribution in [3.8, 4) is 0 Å². The summed E-state index contributed by atoms with van der Waals surface area (Å²) in [5.41, 5.74) is 8.24. The minimum Gasteiger partial charge on any atom is -0.456 e. The second-order valence-electron chi connectivity index (χ2n) is 11.4. The molecule has 9 aromatic rings. The van der Waals surface area contributed by atoms with Gasteiger partial charge in [-0.15, -0.1) is 11.3 Å². The molecule has 0 N–H and O–H groups in total. The Morgan fingerprint density at radius 1 is 0.370 bits per heavy atom. The van der Waals surface area contributed by atoms with Crippen LogP contribution in [0.15, 0.2) is 174 Å². The van der Waals surface area contributed by atoms with Gasteiger partial charge in [-0.25, -0.2) is 0 Å². The first-order valence-corrected chi connectivity index (χ1v) is 16.3. The quantitative estimate of drug-likeness (QED) is 0.187. The maximum atomic E-state index is 6.64. The van der Waals surface area contributed by atoms with Crippen LogP contribution in [0.1, 0.15) is 0 Å². The SMILES string of the molecule is c1ccc(N(c2ccc3c(c2)oc2cccc(N(c4ccccc4)c4ccccc4)c23)c2ccc3c(c2)sc2ccccc23)cc1. The van der Waals surface area contributed by atoms with E-state index in [2.05, 4.69) is 180 Å². The van der Waals surface area contributed by atoms with Gasteiger partial charge in [0.15, 0.2) is 0 Å². The van der Waals surface area contributed by atoms with E-state index in [0.29, 0.717) is 0 Å². The predicted octanol–water partition coefficient (Wildman–Crippen LogP) is 12.9. The van der Waals surface area contributed by atoms with Crippen molar-refractivity contribution >= 4 is 87.6 Å². The van der Waals surface area contributed by atoms with Crippen molar-refractivity contribution in [2.75, 3.05) is 9.80 Å². The first kappa shape index (κ1) is 26.6. The Kier molecular flexibility index (Phi) is 6.32. The molecule has 2 heterocycles. The van der Waals surface area contributed by atoms with Crippen LogP contribution in [0.3, 0.4) is 0 Å². The summed E-state index contributed by atoms with van der Waals surface area (Å²) in [5, 5.41) is 4.77. The molecule has 0 aliphatic rings. The molecule has 0 saturated carbocycles. The van der Waals surface area contributed by atoms with Crippen molar-refractivity contribution < 1.29 is 4.42 Å². The van der Waals surface area contributed by atoms with E-state index in [1.165, 1.54) is 20.2 Å². The van der Waals surface area contributed by atoms with Gasteiger partial charge in [-0.05, 0) is 78.9 Å². The van der Waals surface area contributed by atoms with Crippen molar-refractivity contribution in [1.82, 2.24) is 0 Å². The fourth-order valence-electron chi connectivity index (χ4n) is 6.58. The second kappa shape index (κ2) is 11.0. The molecule has 3 nitrogen and oxygen atoms in total. The monoisotopic (exact) mass is 608 g/mol. The predicted molar refractivity (Wildman–Crippen MR) is 196 cm³/mol. The molecular weight excluding hydrogens is 581 g/mol. The summed E-state index contributed by atoms with van der Waals surface area (Å²) in [7, 11) is 0. The van der Waals surface area contributed by atoms with E-state index in [0.717, 1.165) is 56.1 Å². The first-order valence-electron chi connectivity index (χ1n) is 15.4. The zero-order valence-electron chi connectivity index (χ0n) is 24.9. The van der Waals surface area contributed by atoms with Crippen LogP contribution in [-0.4, -0.2) is 0 Å². The van der Waals surface area contributed by atoms with E-state index in [1.54, 1.807) is 0 Å². The summed E-state index contributed by atoms with van der Waals surface area (Å²) in [6, 6.07) is 60.0. The van der Waals surface area contributed by atoms with E-state index >= 15 is 0 Å². The third kappa shape index (κ3) is 4.42. The van der Waals surface area contributed by atoms with Gasteiger partial charge in [0, 0.05) is 60.1 Å². The first-order chi connectivity index (χ1) is 22.8. The van der Waals surface area contributed by atoms with Gasteiger partial charge in [0.05, 0.1) is 11.1 Å². The molecule has 0 fully saturated rings. The Balaban J connectivity index is 1.22. The molecule has 0 spiro atoms. The van der Waals surface area contributed by atoms with Gasteiger partial charge in [-0.3, -0.25) is 0 Å². The average Bonchev–Trinajstić information content (AvgIpc) is 3.68. The Labute approximate surface area is 270 Å². The molecule has 0 aliphatic carbocycles. The highest BCUT2D eigenvalue weighted by Gasteiger charge is 2.21. The van der Waals surface area contributed by atoms with Gasteiger partial charge < -0.3 is 14.2 Å². The molecule has 218 valence electrons. The molecule has 0 unspecified atom stereocenters. The van der Waals surface area contributed by atoms with Crippen LogP contribution in [0.25, 0.3) is 42.1 Å². The maximum Gasteiger partial charge on any atom is 0.137 e. The number of rotatable bonds is 6. The van der Waals surface area contributed by atoms with Crippen LogP contribution in [-0.2, 0) is 0 Å². The standard InChI is InChI=1S/C42H28N2OS/c1-4-13-29(14-5-1)43(33-23-25-35-34-19-10-11-22-40(34)46-41(35)28-33)32-24-26-36-39(27-32)45-38-21-12-20-37(42(36)38)44(30-15-6-2-7-16-30)31-17-8-3-9-18-31/h1-28H. The summed E-state index contributed by atoms with van der Waals surface area (Å²) in [4.78, 5) is 4.62. The second-order valence-corrected chi connectivity index (χ2v) is 12.5. The molecule has 0 aliphatic heterocycles. The van der Waals surface area contributed by atoms with Gasteiger partial charge in [-0.2, -0.15) is 0 Å². The number of para-hydroxylation sites is 3. The molecule has 4 heteroatoms. The molecule has 0 saturated heterocycles. The van der Waals surface area contributed by atoms with E-state index in [4.69, 9.17) is 4.42 Å². The van der Waals surface area contributed by atoms with E-state index in [9.17, 15) is 0 Å². The minimum absolute atomic E-state index is 0.852. The third-order valence-corrected chi connectivity index (χ3v) is 9.76. The summed E-state index contributed by atoms with van der Waals surface area (Å²) >= 11 is 1.84. The lowest BCUT2D eigenvalue weighted by Gasteiger charge is -2.26. The Hall–Kier alpha value is -5.84. The Morgan fingerprint density at radius 3 is 1.63 bits per heavy atom. The topological polar surface area (TPSA) is 19.6 Å². The number of hydrogen-bond donors (Lipinski definition) is 0. The highest BCUT2D eigenvalue weighted by Crippen LogP contribution is 2.45. The van der Waals surface area contributed by atoms with Gasteiger partial charge >= 0.3 is 0 Å². The highest BCUT2D eigenvalue weighted by atomic mass is 32.1. The smallest absolute Gasteiger partial charge is 0.137 e. The van der Waals surface area contributed by atoms with Crippen molar-refractivity contribution in [2.24, 2.45) is 0 Å². The van der Waals surface area contributed by atoms with Crippen LogP contribution >= 0.6 is 11.3 Å². The number of anilines is 6. The fourth-order valence-corrected chi connectivity index (χ4v) is 7.72. The van der Waals surface area contributed by atoms with Crippen LogP contribution in [0.2, 0.25) is 0 Å². The molecule has 0 atom stereocenters. The fraction of sp³-hybridized carbons (Fsp3) is 0. The summed E-state index contributed by atoms with van der Waals surface area (Å²) < 4.78 is 9.22. The van der Waals surface area contributed by atoms with E-state index in [-0.39, 0.29) is 0 Å². The number of fused-ring (bicyclic) bond motifs is 6. The normalized spacial score (nSPS) is 11.5. The number of nitrogens with zero attached hydrogens (tertiary/aromatic N) is 2. The number of hydrogen-bond acceptors (Lipinski definition) is 4. The molecule has 46 heavy (non-hydrogen) atoms. The van der Waals surface area contributed by atoms with Crippen molar-refractivity contribution in [2.45, 2.75) is 0 Å². The number of thiophene rings is 1. The van der Waals surface area contributed by atoms with Crippen molar-refractivity contribution in [3.05, 3.63) is 170 Å². The molecule has 7 aromatic carbocycles. The molecular formula is C42H28N2OS. The highest BCUT2D eigenvalue weighted by molar-refractivity contribution is 7.25. The molecule has 0 amide bonds. The minimum atomic E-state index is 0.852. The van der Waals surface area contributed by atoms with Crippen molar-refractivity contribution in [3.63, 3.8) is 0 Å². The van der Waals surface area contributed by atoms with Crippen LogP contribution in [0.5, 0.6) is 0 Å². The average molecular weight is 609 g/mol. The van der Waals surface area contributed by atoms with E-state index < -0.39 is 0 Å². The summed E-state index contributed by atoms with van der Waals surface area (Å²) in [6.45, 7) is 0. The lowest BCUT2D eigenvalue weighted by molar-refractivity contribution is 0.669. The van der Waals surface area contributed by atoms with Crippen LogP contribution in [0.4, 0.5) is 34.1 Å². The van der Waals surface area contributed by atoms with Gasteiger partial charge in [-0.1, -0.05) is 84.9 Å². The molecule has 9 rings (SSSR count). The van der Waals surface area contributed by atoms with Gasteiger partial charge in [0.25, 0.3) is 0 Å². The van der Waals surface area contributed by atoms with E-state index in [1.807, 2.05) is 11.3 Å². The Morgan fingerprint density at radius 2 is 0.935 bits per heavy atom. The summed E-state index contributed by atoms with van der Waals surface area (Å²) in [5.74, 6) is 0. The zero-order chi connectivity index (χ0) is 30.5. The van der Waals surface area contributed by atoms with Gasteiger partial charge in [0.2, 0.25) is 0 Å². The lowest BCUT2D eigenvalue weighted by Crippen LogP contribution is -2.10. The summed E-state index contributed by atoms with van der Waals surface area (Å²) in [6.07, 6.45) is 0. The lowest BCUT2D eigenvalue weighted by atomic mass is 10.1. The third-order valence-electron chi connectivity index (χ3n) is 8.62. The molecule has 0 bridgehead atoms. The van der Waals surface area contributed by atoms with Crippen LogP contribution < -0.4 is 9.80 Å². The van der Waals surface area contributed by atoms with Crippen molar-refractivity contribution in [1.29, 1.82) is 0 Å². The molecule has 2 aromatic heterocycles. The largest absolute Gasteiger partial charge is 0.456 e. The Bertz CT molecular complexity index is 2440. The zero-order valence-corrected chi connectivity index (χ0v) is 25.7. The van der Waals surface area contributed by atoms with Crippen LogP contribution in [0, 0.1) is 0 Å².